The molecule has 0 saturated carbocycles. The van der Waals surface area contributed by atoms with Gasteiger partial charge in [-0.25, -0.2) is 4.79 Å². The van der Waals surface area contributed by atoms with Gasteiger partial charge in [0.2, 0.25) is 0 Å². The van der Waals surface area contributed by atoms with Gasteiger partial charge in [0.05, 0.1) is 16.7 Å². The van der Waals surface area contributed by atoms with Crippen LogP contribution in [0.25, 0.3) is 11.6 Å². The summed E-state index contributed by atoms with van der Waals surface area (Å²) in [5.41, 5.74) is 1.82. The smallest absolute Gasteiger partial charge is 0.349 e. The summed E-state index contributed by atoms with van der Waals surface area (Å²) >= 11 is 17.8. The molecule has 4 nitrogen and oxygen atoms in total. The van der Waals surface area contributed by atoms with Crippen LogP contribution in [0, 0.1) is 11.3 Å². The van der Waals surface area contributed by atoms with Crippen molar-refractivity contribution in [2.45, 2.75) is 0 Å². The third kappa shape index (κ3) is 6.01. The first-order valence-electron chi connectivity index (χ1n) is 8.71. The van der Waals surface area contributed by atoms with E-state index < -0.39 is 5.97 Å². The maximum atomic E-state index is 12.1. The quantitative estimate of drug-likeness (QED) is 0.179. The van der Waals surface area contributed by atoms with Gasteiger partial charge in [-0.15, -0.1) is 0 Å². The molecular formula is C23H14Cl3NO3. The van der Waals surface area contributed by atoms with Gasteiger partial charge >= 0.3 is 5.97 Å². The lowest BCUT2D eigenvalue weighted by molar-refractivity contribution is -0.136. The van der Waals surface area contributed by atoms with Gasteiger partial charge < -0.3 is 9.47 Å². The summed E-state index contributed by atoms with van der Waals surface area (Å²) in [6, 6.07) is 20.7. The number of benzene rings is 3. The van der Waals surface area contributed by atoms with E-state index in [-0.39, 0.29) is 6.61 Å². The molecule has 0 bridgehead atoms. The molecule has 0 unspecified atom stereocenters. The Morgan fingerprint density at radius 2 is 1.73 bits per heavy atom. The lowest BCUT2D eigenvalue weighted by atomic mass is 10.0. The van der Waals surface area contributed by atoms with E-state index in [0.29, 0.717) is 43.3 Å². The average molecular weight is 459 g/mol. The second-order valence-electron chi connectivity index (χ2n) is 6.09. The minimum atomic E-state index is -0.600. The molecule has 0 fully saturated rings. The minimum Gasteiger partial charge on any atom is -0.480 e. The first-order valence-corrected chi connectivity index (χ1v) is 9.84. The SMILES string of the molecule is N#C/C(=C/c1cccc(OC(=O)COc2ccc(Cl)cc2Cl)c1)c1cccc(Cl)c1. The van der Waals surface area contributed by atoms with Crippen molar-refractivity contribution in [2.24, 2.45) is 0 Å². The van der Waals surface area contributed by atoms with E-state index in [1.54, 1.807) is 66.7 Å². The van der Waals surface area contributed by atoms with E-state index in [1.807, 2.05) is 0 Å². The molecule has 3 rings (SSSR count). The van der Waals surface area contributed by atoms with Crippen LogP contribution < -0.4 is 9.47 Å². The predicted molar refractivity (Wildman–Crippen MR) is 119 cm³/mol. The highest BCUT2D eigenvalue weighted by Crippen LogP contribution is 2.27. The number of carbonyl (C=O) groups excluding carboxylic acids is 1. The molecule has 150 valence electrons. The second kappa shape index (κ2) is 10.2. The van der Waals surface area contributed by atoms with Crippen LogP contribution in [0.5, 0.6) is 11.5 Å². The Labute approximate surface area is 188 Å². The molecule has 3 aromatic carbocycles. The summed E-state index contributed by atoms with van der Waals surface area (Å²) < 4.78 is 10.7. The summed E-state index contributed by atoms with van der Waals surface area (Å²) in [5, 5.41) is 10.8. The number of halogens is 3. The van der Waals surface area contributed by atoms with Crippen molar-refractivity contribution in [3.05, 3.63) is 92.9 Å². The first-order chi connectivity index (χ1) is 14.4. The number of rotatable bonds is 6. The summed E-state index contributed by atoms with van der Waals surface area (Å²) in [4.78, 5) is 12.1. The number of hydrogen-bond donors (Lipinski definition) is 0. The summed E-state index contributed by atoms with van der Waals surface area (Å²) in [6.07, 6.45) is 1.69. The van der Waals surface area contributed by atoms with Crippen LogP contribution in [0.4, 0.5) is 0 Å². The maximum absolute atomic E-state index is 12.1. The van der Waals surface area contributed by atoms with Crippen molar-refractivity contribution < 1.29 is 14.3 Å². The zero-order chi connectivity index (χ0) is 21.5. The number of esters is 1. The van der Waals surface area contributed by atoms with Crippen molar-refractivity contribution in [3.8, 4) is 17.6 Å². The molecule has 0 spiro atoms. The number of ether oxygens (including phenoxy) is 2. The van der Waals surface area contributed by atoms with E-state index in [0.717, 1.165) is 0 Å². The van der Waals surface area contributed by atoms with Crippen molar-refractivity contribution >= 4 is 52.4 Å². The molecule has 0 aromatic heterocycles. The van der Waals surface area contributed by atoms with Gasteiger partial charge in [0.1, 0.15) is 11.5 Å². The van der Waals surface area contributed by atoms with Crippen LogP contribution in [0.3, 0.4) is 0 Å². The first kappa shape index (κ1) is 21.7. The van der Waals surface area contributed by atoms with Gasteiger partial charge in [-0.2, -0.15) is 5.26 Å². The Morgan fingerprint density at radius 3 is 2.47 bits per heavy atom. The van der Waals surface area contributed by atoms with Gasteiger partial charge in [-0.3, -0.25) is 0 Å². The van der Waals surface area contributed by atoms with Gasteiger partial charge in [0.25, 0.3) is 0 Å². The summed E-state index contributed by atoms with van der Waals surface area (Å²) in [7, 11) is 0. The van der Waals surface area contributed by atoms with Crippen LogP contribution in [0.2, 0.25) is 15.1 Å². The fourth-order valence-electron chi connectivity index (χ4n) is 2.56. The molecule has 30 heavy (non-hydrogen) atoms. The highest BCUT2D eigenvalue weighted by Gasteiger charge is 2.10. The zero-order valence-electron chi connectivity index (χ0n) is 15.4. The van der Waals surface area contributed by atoms with Crippen molar-refractivity contribution in [1.82, 2.24) is 0 Å². The molecule has 3 aromatic rings. The Balaban J connectivity index is 1.69. The molecular weight excluding hydrogens is 445 g/mol. The predicted octanol–water partition coefficient (Wildman–Crippen LogP) is 6.70. The normalized spacial score (nSPS) is 10.9. The Morgan fingerprint density at radius 1 is 0.967 bits per heavy atom. The Kier molecular flexibility index (Phi) is 7.37. The van der Waals surface area contributed by atoms with E-state index in [2.05, 4.69) is 6.07 Å². The molecule has 0 amide bonds. The molecule has 7 heteroatoms. The molecule has 0 aliphatic heterocycles. The fraction of sp³-hybridized carbons (Fsp3) is 0.0435. The van der Waals surface area contributed by atoms with Gasteiger partial charge in [0.15, 0.2) is 6.61 Å². The molecule has 0 saturated heterocycles. The van der Waals surface area contributed by atoms with Crippen LogP contribution >= 0.6 is 34.8 Å². The summed E-state index contributed by atoms with van der Waals surface area (Å²) in [6.45, 7) is -0.326. The number of nitriles is 1. The highest BCUT2D eigenvalue weighted by molar-refractivity contribution is 6.35. The number of nitrogens with zero attached hydrogens (tertiary/aromatic N) is 1. The van der Waals surface area contributed by atoms with Crippen LogP contribution in [-0.4, -0.2) is 12.6 Å². The lowest BCUT2D eigenvalue weighted by Crippen LogP contribution is -2.17. The molecule has 0 atom stereocenters. The van der Waals surface area contributed by atoms with Gasteiger partial charge in [-0.05, 0) is 59.7 Å². The van der Waals surface area contributed by atoms with E-state index in [1.165, 1.54) is 6.07 Å². The van der Waals surface area contributed by atoms with Crippen molar-refractivity contribution in [1.29, 1.82) is 5.26 Å². The Hall–Kier alpha value is -2.97. The fourth-order valence-corrected chi connectivity index (χ4v) is 3.21. The molecule has 0 aliphatic rings. The lowest BCUT2D eigenvalue weighted by Gasteiger charge is -2.09. The third-order valence-corrected chi connectivity index (χ3v) is 4.66. The van der Waals surface area contributed by atoms with E-state index in [4.69, 9.17) is 44.3 Å². The largest absolute Gasteiger partial charge is 0.480 e. The summed E-state index contributed by atoms with van der Waals surface area (Å²) in [5.74, 6) is 0.0512. The average Bonchev–Trinajstić information content (AvgIpc) is 2.71. The maximum Gasteiger partial charge on any atom is 0.349 e. The molecule has 0 N–H and O–H groups in total. The molecule has 0 heterocycles. The van der Waals surface area contributed by atoms with E-state index >= 15 is 0 Å². The monoisotopic (exact) mass is 457 g/mol. The molecule has 0 aliphatic carbocycles. The third-order valence-electron chi connectivity index (χ3n) is 3.90. The highest BCUT2D eigenvalue weighted by atomic mass is 35.5. The van der Waals surface area contributed by atoms with Crippen molar-refractivity contribution in [3.63, 3.8) is 0 Å². The standard InChI is InChI=1S/C23H14Cl3NO3/c24-18-5-2-4-16(11-18)17(13-27)9-15-3-1-6-20(10-15)30-23(28)14-29-22-8-7-19(25)12-21(22)26/h1-12H,14H2/b17-9-. The van der Waals surface area contributed by atoms with Gasteiger partial charge in [0, 0.05) is 10.0 Å². The number of hydrogen-bond acceptors (Lipinski definition) is 4. The Bertz CT molecular complexity index is 1150. The second-order valence-corrected chi connectivity index (χ2v) is 7.37. The molecule has 0 radical (unpaired) electrons. The minimum absolute atomic E-state index is 0.299. The number of carbonyl (C=O) groups is 1. The topological polar surface area (TPSA) is 59.3 Å². The van der Waals surface area contributed by atoms with Gasteiger partial charge in [-0.1, -0.05) is 59.1 Å². The van der Waals surface area contributed by atoms with Crippen LogP contribution in [-0.2, 0) is 4.79 Å². The zero-order valence-corrected chi connectivity index (χ0v) is 17.7. The van der Waals surface area contributed by atoms with Crippen molar-refractivity contribution in [2.75, 3.05) is 6.61 Å². The van der Waals surface area contributed by atoms with E-state index in [9.17, 15) is 10.1 Å². The number of allylic oxidation sites excluding steroid dienone is 1. The van der Waals surface area contributed by atoms with Crippen LogP contribution in [0.1, 0.15) is 11.1 Å². The van der Waals surface area contributed by atoms with Crippen LogP contribution in [0.15, 0.2) is 66.7 Å².